The van der Waals surface area contributed by atoms with Crippen LogP contribution in [0.3, 0.4) is 0 Å². The van der Waals surface area contributed by atoms with Gasteiger partial charge in [-0.3, -0.25) is 4.90 Å². The lowest BCUT2D eigenvalue weighted by Gasteiger charge is -2.34. The van der Waals surface area contributed by atoms with Gasteiger partial charge in [-0.15, -0.1) is 0 Å². The van der Waals surface area contributed by atoms with Gasteiger partial charge in [-0.05, 0) is 23.8 Å². The van der Waals surface area contributed by atoms with Crippen LogP contribution in [-0.2, 0) is 16.4 Å². The normalized spacial score (nSPS) is 21.5. The molecule has 19 heavy (non-hydrogen) atoms. The van der Waals surface area contributed by atoms with E-state index in [0.717, 1.165) is 5.75 Å². The fourth-order valence-electron chi connectivity index (χ4n) is 2.12. The van der Waals surface area contributed by atoms with E-state index in [1.54, 1.807) is 11.8 Å². The van der Waals surface area contributed by atoms with Crippen molar-refractivity contribution in [3.63, 3.8) is 0 Å². The lowest BCUT2D eigenvalue weighted by atomic mass is 10.1. The van der Waals surface area contributed by atoms with Crippen molar-refractivity contribution in [2.75, 3.05) is 30.0 Å². The quantitative estimate of drug-likeness (QED) is 0.854. The zero-order valence-corrected chi connectivity index (χ0v) is 12.3. The van der Waals surface area contributed by atoms with Crippen LogP contribution in [0.4, 0.5) is 10.1 Å². The lowest BCUT2D eigenvalue weighted by Crippen LogP contribution is -2.46. The molecule has 7 heteroatoms. The highest BCUT2D eigenvalue weighted by molar-refractivity contribution is 8.00. The molecular formula is C12H17FN2O2S2. The number of hydrogen-bond acceptors (Lipinski definition) is 5. The van der Waals surface area contributed by atoms with Crippen molar-refractivity contribution in [2.45, 2.75) is 11.9 Å². The van der Waals surface area contributed by atoms with Crippen molar-refractivity contribution < 1.29 is 12.8 Å². The molecule has 0 bridgehead atoms. The monoisotopic (exact) mass is 304 g/mol. The molecule has 1 aliphatic rings. The van der Waals surface area contributed by atoms with Gasteiger partial charge in [0.2, 0.25) is 0 Å². The predicted molar refractivity (Wildman–Crippen MR) is 77.2 cm³/mol. The van der Waals surface area contributed by atoms with E-state index >= 15 is 0 Å². The van der Waals surface area contributed by atoms with Gasteiger partial charge in [0.05, 0.1) is 0 Å². The number of nitrogens with zero attached hydrogens (tertiary/aromatic N) is 1. The van der Waals surface area contributed by atoms with Crippen LogP contribution in [0.25, 0.3) is 0 Å². The van der Waals surface area contributed by atoms with Gasteiger partial charge in [0.25, 0.3) is 0 Å². The van der Waals surface area contributed by atoms with Gasteiger partial charge in [0, 0.05) is 36.5 Å². The summed E-state index contributed by atoms with van der Waals surface area (Å²) >= 11 is 1.63. The fourth-order valence-corrected chi connectivity index (χ4v) is 5.06. The Hall–Kier alpha value is -0.790. The van der Waals surface area contributed by atoms with Crippen molar-refractivity contribution in [3.05, 3.63) is 29.6 Å². The highest BCUT2D eigenvalue weighted by Crippen LogP contribution is 2.24. The highest BCUT2D eigenvalue weighted by atomic mass is 32.2. The molecule has 1 unspecified atom stereocenters. The van der Waals surface area contributed by atoms with Crippen molar-refractivity contribution in [1.82, 2.24) is 4.90 Å². The maximum atomic E-state index is 13.2. The molecule has 1 aromatic carbocycles. The SMILES string of the molecule is CS(=O)(=O)C1CSCCN1Cc1cc(F)ccc1N. The Balaban J connectivity index is 2.22. The Kier molecular flexibility index (Phi) is 4.37. The number of nitrogens with two attached hydrogens (primary N) is 1. The predicted octanol–water partition coefficient (Wildman–Crippen LogP) is 1.33. The molecule has 106 valence electrons. The molecule has 0 aromatic heterocycles. The number of nitrogen functional groups attached to an aromatic ring is 1. The van der Waals surface area contributed by atoms with Crippen molar-refractivity contribution in [1.29, 1.82) is 0 Å². The van der Waals surface area contributed by atoms with Gasteiger partial charge in [-0.25, -0.2) is 12.8 Å². The largest absolute Gasteiger partial charge is 0.398 e. The molecule has 1 aliphatic heterocycles. The smallest absolute Gasteiger partial charge is 0.164 e. The molecular weight excluding hydrogens is 287 g/mol. The minimum absolute atomic E-state index is 0.355. The summed E-state index contributed by atoms with van der Waals surface area (Å²) < 4.78 is 36.8. The molecule has 0 amide bonds. The number of hydrogen-bond donors (Lipinski definition) is 1. The summed E-state index contributed by atoms with van der Waals surface area (Å²) in [6, 6.07) is 4.19. The van der Waals surface area contributed by atoms with E-state index in [-0.39, 0.29) is 5.82 Å². The third kappa shape index (κ3) is 3.61. The number of benzene rings is 1. The van der Waals surface area contributed by atoms with E-state index in [4.69, 9.17) is 5.73 Å². The maximum Gasteiger partial charge on any atom is 0.164 e. The Labute approximate surface area is 117 Å². The van der Waals surface area contributed by atoms with E-state index in [2.05, 4.69) is 0 Å². The molecule has 4 nitrogen and oxygen atoms in total. The molecule has 0 spiro atoms. The van der Waals surface area contributed by atoms with E-state index in [9.17, 15) is 12.8 Å². The van der Waals surface area contributed by atoms with E-state index in [0.29, 0.717) is 30.1 Å². The topological polar surface area (TPSA) is 63.4 Å². The van der Waals surface area contributed by atoms with Crippen LogP contribution < -0.4 is 5.73 Å². The second-order valence-electron chi connectivity index (χ2n) is 4.67. The number of thioether (sulfide) groups is 1. The summed E-state index contributed by atoms with van der Waals surface area (Å²) in [4.78, 5) is 1.86. The molecule has 1 saturated heterocycles. The standard InChI is InChI=1S/C12H17FN2O2S2/c1-19(16,17)12-8-18-5-4-15(12)7-9-6-10(13)2-3-11(9)14/h2-3,6,12H,4-5,7-8,14H2,1H3. The van der Waals surface area contributed by atoms with Crippen LogP contribution in [0.5, 0.6) is 0 Å². The van der Waals surface area contributed by atoms with Gasteiger partial charge < -0.3 is 5.73 Å². The summed E-state index contributed by atoms with van der Waals surface area (Å²) in [5, 5.41) is -0.520. The zero-order chi connectivity index (χ0) is 14.0. The van der Waals surface area contributed by atoms with Crippen molar-refractivity contribution in [2.24, 2.45) is 0 Å². The highest BCUT2D eigenvalue weighted by Gasteiger charge is 2.31. The van der Waals surface area contributed by atoms with Crippen molar-refractivity contribution >= 4 is 27.3 Å². The van der Waals surface area contributed by atoms with Gasteiger partial charge >= 0.3 is 0 Å². The second-order valence-corrected chi connectivity index (χ2v) is 8.03. The molecule has 1 heterocycles. The molecule has 1 aromatic rings. The average Bonchev–Trinajstić information content (AvgIpc) is 2.33. The third-order valence-electron chi connectivity index (χ3n) is 3.16. The fraction of sp³-hybridized carbons (Fsp3) is 0.500. The minimum atomic E-state index is -3.15. The first-order valence-electron chi connectivity index (χ1n) is 5.92. The molecule has 0 saturated carbocycles. The maximum absolute atomic E-state index is 13.2. The first kappa shape index (κ1) is 14.6. The second kappa shape index (κ2) is 5.68. The third-order valence-corrected chi connectivity index (χ3v) is 5.85. The van der Waals surface area contributed by atoms with Crippen molar-refractivity contribution in [3.8, 4) is 0 Å². The molecule has 1 fully saturated rings. The van der Waals surface area contributed by atoms with Gasteiger partial charge in [-0.2, -0.15) is 11.8 Å². The number of rotatable bonds is 3. The summed E-state index contributed by atoms with van der Waals surface area (Å²) in [6.45, 7) is 1.03. The molecule has 0 aliphatic carbocycles. The van der Waals surface area contributed by atoms with E-state index in [1.807, 2.05) is 4.90 Å². The van der Waals surface area contributed by atoms with Gasteiger partial charge in [0.1, 0.15) is 11.2 Å². The Morgan fingerprint density at radius 2 is 2.26 bits per heavy atom. The van der Waals surface area contributed by atoms with Gasteiger partial charge in [0.15, 0.2) is 9.84 Å². The molecule has 0 radical (unpaired) electrons. The number of anilines is 1. The first-order chi connectivity index (χ1) is 8.88. The summed E-state index contributed by atoms with van der Waals surface area (Å²) in [7, 11) is -3.15. The Bertz CT molecular complexity index is 563. The summed E-state index contributed by atoms with van der Waals surface area (Å²) in [5.41, 5.74) is 6.95. The molecule has 2 N–H and O–H groups in total. The number of sulfone groups is 1. The van der Waals surface area contributed by atoms with E-state index < -0.39 is 15.2 Å². The summed E-state index contributed by atoms with van der Waals surface area (Å²) in [5.74, 6) is 1.07. The van der Waals surface area contributed by atoms with Gasteiger partial charge in [-0.1, -0.05) is 0 Å². The van der Waals surface area contributed by atoms with E-state index in [1.165, 1.54) is 24.5 Å². The molecule has 1 atom stereocenters. The Morgan fingerprint density at radius 1 is 1.53 bits per heavy atom. The zero-order valence-electron chi connectivity index (χ0n) is 10.7. The number of halogens is 1. The Morgan fingerprint density at radius 3 is 2.95 bits per heavy atom. The average molecular weight is 304 g/mol. The first-order valence-corrected chi connectivity index (χ1v) is 9.03. The minimum Gasteiger partial charge on any atom is -0.398 e. The van der Waals surface area contributed by atoms with Crippen LogP contribution in [0.1, 0.15) is 5.56 Å². The van der Waals surface area contributed by atoms with Crippen LogP contribution in [0.15, 0.2) is 18.2 Å². The van der Waals surface area contributed by atoms with Crippen LogP contribution in [-0.4, -0.2) is 43.0 Å². The summed E-state index contributed by atoms with van der Waals surface area (Å²) in [6.07, 6.45) is 1.24. The lowest BCUT2D eigenvalue weighted by molar-refractivity contribution is 0.262. The molecule has 2 rings (SSSR count). The van der Waals surface area contributed by atoms with Crippen LogP contribution in [0, 0.1) is 5.82 Å². The van der Waals surface area contributed by atoms with Crippen LogP contribution in [0.2, 0.25) is 0 Å². The van der Waals surface area contributed by atoms with Crippen LogP contribution >= 0.6 is 11.8 Å².